The second-order valence-corrected chi connectivity index (χ2v) is 10.4. The summed E-state index contributed by atoms with van der Waals surface area (Å²) in [5, 5.41) is 15.1. The van der Waals surface area contributed by atoms with Gasteiger partial charge in [0, 0.05) is 60.6 Å². The Morgan fingerprint density at radius 3 is 2.92 bits per heavy atom. The number of halogens is 2. The summed E-state index contributed by atoms with van der Waals surface area (Å²) in [5.74, 6) is 1.59. The molecule has 1 aliphatic heterocycles. The SMILES string of the molecule is O[C@@H]1CC(c2cn3cc(C4CC4)ccc3n2)N(c2cc(NCc3cc4c(Cl)c[nH]c4cc3F)ncn2)C1. The molecule has 0 amide bonds. The van der Waals surface area contributed by atoms with Crippen LogP contribution in [0.3, 0.4) is 0 Å². The fraction of sp³-hybridized carbons (Fsp3) is 0.296. The number of nitrogens with one attached hydrogen (secondary N) is 2. The highest BCUT2D eigenvalue weighted by atomic mass is 35.5. The maximum Gasteiger partial charge on any atom is 0.137 e. The number of aromatic nitrogens is 5. The van der Waals surface area contributed by atoms with Crippen molar-refractivity contribution in [2.45, 2.75) is 43.9 Å². The third kappa shape index (κ3) is 4.18. The zero-order valence-electron chi connectivity index (χ0n) is 19.9. The monoisotopic (exact) mass is 517 g/mol. The number of nitrogens with zero attached hydrogens (tertiary/aromatic N) is 5. The summed E-state index contributed by atoms with van der Waals surface area (Å²) < 4.78 is 16.7. The first kappa shape index (κ1) is 22.5. The summed E-state index contributed by atoms with van der Waals surface area (Å²) >= 11 is 6.21. The van der Waals surface area contributed by atoms with Crippen molar-refractivity contribution in [1.29, 1.82) is 0 Å². The summed E-state index contributed by atoms with van der Waals surface area (Å²) in [7, 11) is 0. The van der Waals surface area contributed by atoms with Gasteiger partial charge in [0.25, 0.3) is 0 Å². The van der Waals surface area contributed by atoms with Crippen molar-refractivity contribution in [3.63, 3.8) is 0 Å². The molecule has 0 radical (unpaired) electrons. The molecule has 5 aromatic rings. The molecule has 1 aliphatic carbocycles. The van der Waals surface area contributed by atoms with Gasteiger partial charge in [0.15, 0.2) is 0 Å². The first-order valence-electron chi connectivity index (χ1n) is 12.5. The number of aromatic amines is 1. The van der Waals surface area contributed by atoms with Gasteiger partial charge in [-0.1, -0.05) is 17.7 Å². The highest BCUT2D eigenvalue weighted by Crippen LogP contribution is 2.40. The molecule has 0 spiro atoms. The van der Waals surface area contributed by atoms with Crippen molar-refractivity contribution in [3.8, 4) is 0 Å². The van der Waals surface area contributed by atoms with Crippen LogP contribution in [0.1, 0.15) is 48.0 Å². The van der Waals surface area contributed by atoms with Crippen LogP contribution >= 0.6 is 11.6 Å². The Kier molecular flexibility index (Phi) is 5.30. The first-order chi connectivity index (χ1) is 18.0. The lowest BCUT2D eigenvalue weighted by atomic mass is 10.1. The van der Waals surface area contributed by atoms with Gasteiger partial charge >= 0.3 is 0 Å². The minimum atomic E-state index is -0.491. The molecule has 10 heteroatoms. The number of rotatable bonds is 6. The normalized spacial score (nSPS) is 19.8. The summed E-state index contributed by atoms with van der Waals surface area (Å²) in [5.41, 5.74) is 4.29. The van der Waals surface area contributed by atoms with E-state index < -0.39 is 6.10 Å². The highest BCUT2D eigenvalue weighted by Gasteiger charge is 2.35. The van der Waals surface area contributed by atoms with E-state index in [9.17, 15) is 9.50 Å². The van der Waals surface area contributed by atoms with Crippen LogP contribution in [0.5, 0.6) is 0 Å². The van der Waals surface area contributed by atoms with Gasteiger partial charge in [0.2, 0.25) is 0 Å². The topological polar surface area (TPSA) is 94.4 Å². The van der Waals surface area contributed by atoms with E-state index in [0.29, 0.717) is 46.6 Å². The molecule has 1 aromatic carbocycles. The van der Waals surface area contributed by atoms with Crippen LogP contribution in [0.4, 0.5) is 16.0 Å². The van der Waals surface area contributed by atoms with Crippen molar-refractivity contribution in [2.24, 2.45) is 0 Å². The van der Waals surface area contributed by atoms with Gasteiger partial charge in [0.05, 0.1) is 22.9 Å². The molecule has 2 fully saturated rings. The molecular formula is C27H25ClFN7O. The van der Waals surface area contributed by atoms with E-state index in [-0.39, 0.29) is 18.4 Å². The summed E-state index contributed by atoms with van der Waals surface area (Å²) in [6.07, 6.45) is 9.93. The van der Waals surface area contributed by atoms with Gasteiger partial charge in [-0.3, -0.25) is 0 Å². The van der Waals surface area contributed by atoms with Crippen LogP contribution < -0.4 is 10.2 Å². The van der Waals surface area contributed by atoms with Gasteiger partial charge in [-0.15, -0.1) is 0 Å². The number of anilines is 2. The van der Waals surface area contributed by atoms with Crippen molar-refractivity contribution in [1.82, 2.24) is 24.3 Å². The van der Waals surface area contributed by atoms with Gasteiger partial charge in [-0.25, -0.2) is 19.3 Å². The predicted molar refractivity (Wildman–Crippen MR) is 141 cm³/mol. The summed E-state index contributed by atoms with van der Waals surface area (Å²) in [6, 6.07) is 9.13. The zero-order valence-corrected chi connectivity index (χ0v) is 20.7. The van der Waals surface area contributed by atoms with E-state index in [1.54, 1.807) is 12.3 Å². The lowest BCUT2D eigenvalue weighted by Crippen LogP contribution is -2.25. The van der Waals surface area contributed by atoms with E-state index in [1.807, 2.05) is 6.07 Å². The van der Waals surface area contributed by atoms with E-state index in [2.05, 4.69) is 54.1 Å². The number of hydrogen-bond donors (Lipinski definition) is 3. The smallest absolute Gasteiger partial charge is 0.137 e. The number of aliphatic hydroxyl groups excluding tert-OH is 1. The molecule has 8 nitrogen and oxygen atoms in total. The average Bonchev–Trinajstić information content (AvgIpc) is 3.40. The maximum atomic E-state index is 14.6. The number of benzene rings is 1. The molecule has 1 unspecified atom stereocenters. The molecule has 7 rings (SSSR count). The molecule has 5 heterocycles. The predicted octanol–water partition coefficient (Wildman–Crippen LogP) is 5.20. The molecule has 2 atom stereocenters. The number of H-pyrrole nitrogens is 1. The fourth-order valence-electron chi connectivity index (χ4n) is 5.27. The van der Waals surface area contributed by atoms with Crippen LogP contribution in [0, 0.1) is 5.82 Å². The number of fused-ring (bicyclic) bond motifs is 2. The molecule has 1 saturated heterocycles. The standard InChI is InChI=1S/C27H25ClFN7O/c28-20-10-30-22-7-21(29)17(5-19(20)22)9-31-25-8-27(33-14-32-25)36-12-18(37)6-24(36)23-13-35-11-16(15-1-2-15)3-4-26(35)34-23/h3-5,7-8,10-11,13-15,18,24,30,37H,1-2,6,9,12H2,(H,31,32,33)/t18-,24?/m1/s1. The van der Waals surface area contributed by atoms with Crippen LogP contribution in [0.25, 0.3) is 16.6 Å². The largest absolute Gasteiger partial charge is 0.391 e. The summed E-state index contributed by atoms with van der Waals surface area (Å²) in [6.45, 7) is 0.682. The molecule has 3 N–H and O–H groups in total. The van der Waals surface area contributed by atoms with Crippen molar-refractivity contribution in [3.05, 3.63) is 82.9 Å². The maximum absolute atomic E-state index is 14.6. The van der Waals surface area contributed by atoms with Crippen LogP contribution in [-0.4, -0.2) is 42.1 Å². The Hall–Kier alpha value is -3.69. The average molecular weight is 518 g/mol. The third-order valence-corrected chi connectivity index (χ3v) is 7.68. The first-order valence-corrected chi connectivity index (χ1v) is 12.8. The van der Waals surface area contributed by atoms with Crippen LogP contribution in [0.2, 0.25) is 5.02 Å². The number of aliphatic hydroxyl groups is 1. The molecule has 2 aliphatic rings. The lowest BCUT2D eigenvalue weighted by molar-refractivity contribution is 0.194. The van der Waals surface area contributed by atoms with E-state index in [1.165, 1.54) is 30.8 Å². The second-order valence-electron chi connectivity index (χ2n) is 9.97. The Bertz CT molecular complexity index is 1630. The lowest BCUT2D eigenvalue weighted by Gasteiger charge is -2.24. The van der Waals surface area contributed by atoms with E-state index >= 15 is 0 Å². The number of β-amino-alcohol motifs (C(OH)–C–C–N with tert-alkyl or cyclic N) is 1. The molecule has 4 aromatic heterocycles. The Morgan fingerprint density at radius 1 is 1.16 bits per heavy atom. The van der Waals surface area contributed by atoms with Crippen molar-refractivity contribution < 1.29 is 9.50 Å². The summed E-state index contributed by atoms with van der Waals surface area (Å²) in [4.78, 5) is 18.7. The van der Waals surface area contributed by atoms with Gasteiger partial charge in [-0.2, -0.15) is 0 Å². The van der Waals surface area contributed by atoms with E-state index in [0.717, 1.165) is 16.7 Å². The number of pyridine rings is 1. The van der Waals surface area contributed by atoms with Gasteiger partial charge in [-0.05, 0) is 42.5 Å². The van der Waals surface area contributed by atoms with Gasteiger partial charge in [0.1, 0.15) is 29.4 Å². The molecule has 188 valence electrons. The molecule has 0 bridgehead atoms. The zero-order chi connectivity index (χ0) is 25.1. The second kappa shape index (κ2) is 8.71. The number of hydrogen-bond acceptors (Lipinski definition) is 6. The van der Waals surface area contributed by atoms with Crippen LogP contribution in [0.15, 0.2) is 55.2 Å². The highest BCUT2D eigenvalue weighted by molar-refractivity contribution is 6.35. The fourth-order valence-corrected chi connectivity index (χ4v) is 5.48. The molecule has 1 saturated carbocycles. The Balaban J connectivity index is 1.13. The quantitative estimate of drug-likeness (QED) is 0.286. The Labute approximate surface area is 217 Å². The number of imidazole rings is 1. The van der Waals surface area contributed by atoms with Crippen molar-refractivity contribution >= 4 is 39.8 Å². The Morgan fingerprint density at radius 2 is 2.05 bits per heavy atom. The van der Waals surface area contributed by atoms with Crippen LogP contribution in [-0.2, 0) is 6.54 Å². The molecular weight excluding hydrogens is 493 g/mol. The molecule has 37 heavy (non-hydrogen) atoms. The van der Waals surface area contributed by atoms with E-state index in [4.69, 9.17) is 16.6 Å². The van der Waals surface area contributed by atoms with Gasteiger partial charge < -0.3 is 24.7 Å². The third-order valence-electron chi connectivity index (χ3n) is 7.37. The van der Waals surface area contributed by atoms with Crippen molar-refractivity contribution in [2.75, 3.05) is 16.8 Å². The minimum absolute atomic E-state index is 0.113. The minimum Gasteiger partial charge on any atom is -0.391 e.